The summed E-state index contributed by atoms with van der Waals surface area (Å²) in [6, 6.07) is 2.19. The Labute approximate surface area is 93.3 Å². The second-order valence-electron chi connectivity index (χ2n) is 3.23. The average Bonchev–Trinajstić information content (AvgIpc) is 2.58. The molecule has 0 bridgehead atoms. The van der Waals surface area contributed by atoms with Crippen molar-refractivity contribution in [1.82, 2.24) is 5.16 Å². The fourth-order valence-corrected chi connectivity index (χ4v) is 1.35. The summed E-state index contributed by atoms with van der Waals surface area (Å²) >= 11 is 0. The van der Waals surface area contributed by atoms with Crippen LogP contribution in [-0.2, 0) is 4.79 Å². The van der Waals surface area contributed by atoms with Crippen molar-refractivity contribution >= 4 is 28.3 Å². The van der Waals surface area contributed by atoms with Gasteiger partial charge in [0.15, 0.2) is 0 Å². The maximum absolute atomic E-state index is 11.1. The molecular weight excluding hydrogens is 232 g/mol. The van der Waals surface area contributed by atoms with Crippen LogP contribution in [0.1, 0.15) is 6.92 Å². The van der Waals surface area contributed by atoms with Gasteiger partial charge in [0.25, 0.3) is 11.2 Å². The molecule has 17 heavy (non-hydrogen) atoms. The van der Waals surface area contributed by atoms with Gasteiger partial charge in [-0.1, -0.05) is 0 Å². The molecule has 0 aliphatic carbocycles. The molecule has 9 heteroatoms. The Morgan fingerprint density at radius 1 is 1.59 bits per heavy atom. The quantitative estimate of drug-likeness (QED) is 0.456. The van der Waals surface area contributed by atoms with E-state index in [9.17, 15) is 20.1 Å². The molecule has 88 valence electrons. The third-order valence-electron chi connectivity index (χ3n) is 2.01. The number of anilines is 1. The first kappa shape index (κ1) is 10.8. The number of rotatable bonds is 2. The lowest BCUT2D eigenvalue weighted by atomic mass is 10.2. The summed E-state index contributed by atoms with van der Waals surface area (Å²) in [6.45, 7) is 1.21. The highest BCUT2D eigenvalue weighted by atomic mass is 16.8. The molecule has 2 rings (SSSR count). The lowest BCUT2D eigenvalue weighted by molar-refractivity contribution is -0.782. The molecule has 2 aromatic rings. The third kappa shape index (κ3) is 1.85. The van der Waals surface area contributed by atoms with Crippen molar-refractivity contribution in [3.05, 3.63) is 27.5 Å². The zero-order valence-corrected chi connectivity index (χ0v) is 8.54. The molecule has 0 fully saturated rings. The van der Waals surface area contributed by atoms with Crippen molar-refractivity contribution in [3.8, 4) is 0 Å². The molecule has 0 saturated heterocycles. The normalized spacial score (nSPS) is 10.4. The van der Waals surface area contributed by atoms with Gasteiger partial charge in [-0.15, -0.1) is 0 Å². The van der Waals surface area contributed by atoms with Gasteiger partial charge in [0.1, 0.15) is 5.69 Å². The van der Waals surface area contributed by atoms with Gasteiger partial charge in [0.05, 0.1) is 11.0 Å². The highest BCUT2D eigenvalue weighted by Gasteiger charge is 2.22. The van der Waals surface area contributed by atoms with E-state index in [1.54, 1.807) is 0 Å². The zero-order chi connectivity index (χ0) is 12.6. The second-order valence-corrected chi connectivity index (χ2v) is 3.23. The Kier molecular flexibility index (Phi) is 2.35. The van der Waals surface area contributed by atoms with Gasteiger partial charge in [0, 0.05) is 18.1 Å². The Morgan fingerprint density at radius 2 is 2.29 bits per heavy atom. The molecule has 0 spiro atoms. The lowest BCUT2D eigenvalue weighted by Crippen LogP contribution is -2.22. The van der Waals surface area contributed by atoms with E-state index in [0.717, 1.165) is 6.07 Å². The van der Waals surface area contributed by atoms with E-state index >= 15 is 0 Å². The maximum atomic E-state index is 11.1. The fraction of sp³-hybridized carbons (Fsp3) is 0.125. The molecule has 1 N–H and O–H groups in total. The molecule has 0 saturated carbocycles. The predicted octanol–water partition coefficient (Wildman–Crippen LogP) is 0.328. The minimum Gasteiger partial charge on any atom is -0.359 e. The molecule has 1 aromatic carbocycles. The van der Waals surface area contributed by atoms with E-state index in [4.69, 9.17) is 0 Å². The number of benzene rings is 1. The number of hydrogen-bond donors (Lipinski definition) is 1. The molecule has 0 radical (unpaired) electrons. The van der Waals surface area contributed by atoms with Crippen LogP contribution in [0.25, 0.3) is 11.0 Å². The van der Waals surface area contributed by atoms with Gasteiger partial charge < -0.3 is 10.5 Å². The van der Waals surface area contributed by atoms with E-state index in [-0.39, 0.29) is 21.6 Å². The van der Waals surface area contributed by atoms with Crippen LogP contribution >= 0.6 is 0 Å². The van der Waals surface area contributed by atoms with E-state index < -0.39 is 16.5 Å². The molecule has 1 heterocycles. The summed E-state index contributed by atoms with van der Waals surface area (Å²) in [5, 5.41) is 27.5. The number of nitrogens with zero attached hydrogens (tertiary/aromatic N) is 3. The monoisotopic (exact) mass is 238 g/mol. The number of nitro benzene ring substituents is 1. The largest absolute Gasteiger partial charge is 0.359 e. The molecule has 0 unspecified atom stereocenters. The number of nitrogens with one attached hydrogen (secondary N) is 1. The van der Waals surface area contributed by atoms with Crippen LogP contribution < -0.4 is 10.2 Å². The second kappa shape index (κ2) is 3.70. The molecule has 0 aliphatic rings. The molecular formula is C8H6N4O5. The molecule has 1 amide bonds. The third-order valence-corrected chi connectivity index (χ3v) is 2.01. The van der Waals surface area contributed by atoms with Crippen LogP contribution in [0.2, 0.25) is 0 Å². The van der Waals surface area contributed by atoms with Crippen molar-refractivity contribution in [2.45, 2.75) is 6.92 Å². The number of hydrogen-bond acceptors (Lipinski definition) is 6. The summed E-state index contributed by atoms with van der Waals surface area (Å²) in [5.41, 5.74) is -0.399. The van der Waals surface area contributed by atoms with Gasteiger partial charge in [0.2, 0.25) is 11.4 Å². The Balaban J connectivity index is 2.67. The van der Waals surface area contributed by atoms with Crippen molar-refractivity contribution in [1.29, 1.82) is 0 Å². The number of fused-ring (bicyclic) bond motifs is 1. The number of aromatic nitrogens is 2. The first-order valence-corrected chi connectivity index (χ1v) is 4.44. The van der Waals surface area contributed by atoms with Crippen LogP contribution in [0, 0.1) is 15.3 Å². The van der Waals surface area contributed by atoms with Gasteiger partial charge in [-0.25, -0.2) is 0 Å². The van der Waals surface area contributed by atoms with Crippen molar-refractivity contribution in [2.75, 3.05) is 5.32 Å². The summed E-state index contributed by atoms with van der Waals surface area (Å²) in [7, 11) is 0. The SMILES string of the molecule is CC(=O)Nc1cc2no[n+]([O-])c2cc1[N+](=O)[O-]. The number of amides is 1. The fourth-order valence-electron chi connectivity index (χ4n) is 1.35. The maximum Gasteiger partial charge on any atom is 0.297 e. The standard InChI is InChI=1S/C8H6N4O5/c1-4(13)9-5-2-6-8(12(16)17-10-6)3-7(5)11(14)15/h2-3H,1H3,(H,9,13). The molecule has 1 aromatic heterocycles. The smallest absolute Gasteiger partial charge is 0.297 e. The summed E-state index contributed by atoms with van der Waals surface area (Å²) < 4.78 is 4.29. The molecule has 0 atom stereocenters. The first-order valence-electron chi connectivity index (χ1n) is 4.44. The van der Waals surface area contributed by atoms with Crippen LogP contribution in [0.15, 0.2) is 16.8 Å². The summed E-state index contributed by atoms with van der Waals surface area (Å²) in [4.78, 5) is 21.0. The first-order chi connectivity index (χ1) is 7.99. The zero-order valence-electron chi connectivity index (χ0n) is 8.54. The topological polar surface area (TPSA) is 125 Å². The highest BCUT2D eigenvalue weighted by molar-refractivity contribution is 5.94. The van der Waals surface area contributed by atoms with E-state index in [1.165, 1.54) is 13.0 Å². The van der Waals surface area contributed by atoms with E-state index in [1.807, 2.05) is 0 Å². The molecule has 9 nitrogen and oxygen atoms in total. The molecule has 0 aliphatic heterocycles. The minimum atomic E-state index is -0.711. The van der Waals surface area contributed by atoms with Crippen LogP contribution in [0.4, 0.5) is 11.4 Å². The highest BCUT2D eigenvalue weighted by Crippen LogP contribution is 2.27. The summed E-state index contributed by atoms with van der Waals surface area (Å²) in [6.07, 6.45) is 0. The van der Waals surface area contributed by atoms with Crippen molar-refractivity contribution in [3.63, 3.8) is 0 Å². The van der Waals surface area contributed by atoms with Gasteiger partial charge >= 0.3 is 0 Å². The predicted molar refractivity (Wildman–Crippen MR) is 53.9 cm³/mol. The van der Waals surface area contributed by atoms with Crippen LogP contribution in [0.3, 0.4) is 0 Å². The number of carbonyl (C=O) groups is 1. The van der Waals surface area contributed by atoms with E-state index in [0.29, 0.717) is 0 Å². The lowest BCUT2D eigenvalue weighted by Gasteiger charge is -2.01. The van der Waals surface area contributed by atoms with Gasteiger partial charge in [-0.2, -0.15) is 0 Å². The van der Waals surface area contributed by atoms with Crippen LogP contribution in [-0.4, -0.2) is 16.0 Å². The summed E-state index contributed by atoms with van der Waals surface area (Å²) in [5.74, 6) is -0.467. The van der Waals surface area contributed by atoms with Crippen LogP contribution in [0.5, 0.6) is 0 Å². The van der Waals surface area contributed by atoms with Gasteiger partial charge in [-0.05, 0) is 4.90 Å². The Bertz CT molecular complexity index is 620. The Morgan fingerprint density at radius 3 is 2.88 bits per heavy atom. The minimum absolute atomic E-state index is 0.0381. The number of carbonyl (C=O) groups excluding carboxylic acids is 1. The van der Waals surface area contributed by atoms with E-state index in [2.05, 4.69) is 15.1 Å². The Hall–Kier alpha value is -2.71. The average molecular weight is 238 g/mol. The van der Waals surface area contributed by atoms with Crippen molar-refractivity contribution in [2.24, 2.45) is 0 Å². The van der Waals surface area contributed by atoms with Gasteiger partial charge in [-0.3, -0.25) is 19.5 Å². The number of nitro groups is 1. The van der Waals surface area contributed by atoms with Crippen molar-refractivity contribution < 1.29 is 19.2 Å².